The second kappa shape index (κ2) is 24.8. The molecular weight excluding hydrogens is 917 g/mol. The van der Waals surface area contributed by atoms with Crippen LogP contribution in [0.3, 0.4) is 0 Å². The van der Waals surface area contributed by atoms with Crippen LogP contribution in [-0.2, 0) is 49.2 Å². The molecule has 0 unspecified atom stereocenters. The molecule has 0 spiro atoms. The van der Waals surface area contributed by atoms with Gasteiger partial charge >= 0.3 is 11.9 Å². The van der Waals surface area contributed by atoms with Crippen LogP contribution >= 0.6 is 0 Å². The predicted molar refractivity (Wildman–Crippen MR) is 298 cm³/mol. The zero-order valence-corrected chi connectivity index (χ0v) is 45.3. The van der Waals surface area contributed by atoms with E-state index in [2.05, 4.69) is 148 Å². The summed E-state index contributed by atoms with van der Waals surface area (Å²) in [5.74, 6) is 5.87. The van der Waals surface area contributed by atoms with E-state index in [9.17, 15) is 19.8 Å². The van der Waals surface area contributed by atoms with Gasteiger partial charge in [-0.05, 0) is 170 Å². The number of carbonyl (C=O) groups excluding carboxylic acids is 2. The third-order valence-corrected chi connectivity index (χ3v) is 16.6. The summed E-state index contributed by atoms with van der Waals surface area (Å²) in [6, 6.07) is 35.1. The maximum absolute atomic E-state index is 11.7. The van der Waals surface area contributed by atoms with Gasteiger partial charge in [0, 0.05) is 52.3 Å². The van der Waals surface area contributed by atoms with Crippen molar-refractivity contribution in [1.82, 2.24) is 9.97 Å². The Morgan fingerprint density at radius 1 is 0.554 bits per heavy atom. The minimum absolute atomic E-state index is 0.0591. The summed E-state index contributed by atoms with van der Waals surface area (Å²) >= 11 is 0. The van der Waals surface area contributed by atoms with E-state index < -0.39 is 11.2 Å². The maximum atomic E-state index is 11.7. The van der Waals surface area contributed by atoms with Gasteiger partial charge < -0.3 is 19.7 Å². The lowest BCUT2D eigenvalue weighted by atomic mass is 9.70. The van der Waals surface area contributed by atoms with Gasteiger partial charge in [-0.15, -0.1) is 0 Å². The first-order valence-corrected chi connectivity index (χ1v) is 27.1. The Hall–Kier alpha value is -6.40. The first kappa shape index (κ1) is 55.4. The zero-order chi connectivity index (χ0) is 52.9. The third kappa shape index (κ3) is 12.9. The van der Waals surface area contributed by atoms with Gasteiger partial charge in [-0.2, -0.15) is 0 Å². The molecule has 2 N–H and O–H groups in total. The number of nitrogens with zero attached hydrogens (tertiary/aromatic N) is 2. The van der Waals surface area contributed by atoms with Crippen molar-refractivity contribution in [2.24, 2.45) is 0 Å². The molecule has 2 aliphatic carbocycles. The van der Waals surface area contributed by atoms with E-state index in [1.54, 1.807) is 12.4 Å². The van der Waals surface area contributed by atoms with Gasteiger partial charge in [-0.1, -0.05) is 131 Å². The molecule has 2 saturated carbocycles. The first-order valence-electron chi connectivity index (χ1n) is 27.1. The van der Waals surface area contributed by atoms with Crippen molar-refractivity contribution in [3.05, 3.63) is 177 Å². The molecule has 6 aromatic rings. The molecule has 0 amide bonds. The number of hydrogen-bond donors (Lipinski definition) is 2. The number of aryl methyl sites for hydroxylation is 3. The molecule has 8 heteroatoms. The number of pyridine rings is 2. The Morgan fingerprint density at radius 2 is 0.986 bits per heavy atom. The third-order valence-electron chi connectivity index (χ3n) is 16.6. The molecular formula is C66H78N2O6. The SMILES string of the molecule is CCC(CC)(c1ccc(-c2cncc(CC(=O)OC)c2)cc1)c1ccc(C#CC2(O)CCCC2)c(C)c1.CCC(CC)(c1ccc(-c2cncc(CC(=O)OC)c2)cc1)c1ccc(CCC2(O)CCCC2)c(C)c1. The van der Waals surface area contributed by atoms with Gasteiger partial charge in [0.25, 0.3) is 0 Å². The fraction of sp³-hybridized carbons (Fsp3) is 0.424. The van der Waals surface area contributed by atoms with Crippen molar-refractivity contribution in [1.29, 1.82) is 0 Å². The highest BCUT2D eigenvalue weighted by Gasteiger charge is 2.34. The predicted octanol–water partition coefficient (Wildman–Crippen LogP) is 13.7. The van der Waals surface area contributed by atoms with E-state index in [1.807, 2.05) is 24.5 Å². The smallest absolute Gasteiger partial charge is 0.310 e. The summed E-state index contributed by atoms with van der Waals surface area (Å²) < 4.78 is 9.59. The van der Waals surface area contributed by atoms with Crippen molar-refractivity contribution < 1.29 is 29.3 Å². The molecule has 0 saturated heterocycles. The minimum Gasteiger partial charge on any atom is -0.469 e. The quantitative estimate of drug-likeness (QED) is 0.0685. The van der Waals surface area contributed by atoms with E-state index in [1.165, 1.54) is 47.6 Å². The summed E-state index contributed by atoms with van der Waals surface area (Å²) in [5.41, 5.74) is 14.4. The Morgan fingerprint density at radius 3 is 1.42 bits per heavy atom. The van der Waals surface area contributed by atoms with E-state index in [0.29, 0.717) is 0 Å². The van der Waals surface area contributed by atoms with Gasteiger partial charge in [-0.3, -0.25) is 19.6 Å². The first-order chi connectivity index (χ1) is 35.6. The lowest BCUT2D eigenvalue weighted by Gasteiger charge is -2.34. The summed E-state index contributed by atoms with van der Waals surface area (Å²) in [6.45, 7) is 13.4. The van der Waals surface area contributed by atoms with Crippen LogP contribution in [0, 0.1) is 25.7 Å². The zero-order valence-electron chi connectivity index (χ0n) is 45.3. The van der Waals surface area contributed by atoms with E-state index in [4.69, 9.17) is 9.47 Å². The summed E-state index contributed by atoms with van der Waals surface area (Å²) in [5, 5.41) is 21.4. The van der Waals surface area contributed by atoms with Gasteiger partial charge in [0.1, 0.15) is 5.60 Å². The summed E-state index contributed by atoms with van der Waals surface area (Å²) in [4.78, 5) is 32.0. The number of benzene rings is 4. The van der Waals surface area contributed by atoms with Crippen molar-refractivity contribution in [3.8, 4) is 34.1 Å². The molecule has 2 aliphatic rings. The molecule has 2 heterocycles. The number of aliphatic hydroxyl groups is 2. The normalized spacial score (nSPS) is 14.8. The Bertz CT molecular complexity index is 2910. The fourth-order valence-corrected chi connectivity index (χ4v) is 11.7. The molecule has 74 heavy (non-hydrogen) atoms. The molecule has 2 fully saturated rings. The Labute approximate surface area is 441 Å². The Kier molecular flexibility index (Phi) is 18.5. The fourth-order valence-electron chi connectivity index (χ4n) is 11.7. The van der Waals surface area contributed by atoms with E-state index in [0.717, 1.165) is 134 Å². The molecule has 388 valence electrons. The van der Waals surface area contributed by atoms with E-state index >= 15 is 0 Å². The molecule has 4 aromatic carbocycles. The molecule has 2 aromatic heterocycles. The monoisotopic (exact) mass is 995 g/mol. The van der Waals surface area contributed by atoms with Crippen LogP contribution in [-0.4, -0.2) is 57.5 Å². The second-order valence-electron chi connectivity index (χ2n) is 21.0. The van der Waals surface area contributed by atoms with Crippen LogP contribution in [0.5, 0.6) is 0 Å². The van der Waals surface area contributed by atoms with Crippen molar-refractivity contribution >= 4 is 11.9 Å². The highest BCUT2D eigenvalue weighted by atomic mass is 16.5. The van der Waals surface area contributed by atoms with Crippen molar-refractivity contribution in [2.45, 2.75) is 166 Å². The summed E-state index contributed by atoms with van der Waals surface area (Å²) in [7, 11) is 2.80. The molecule has 8 nitrogen and oxygen atoms in total. The lowest BCUT2D eigenvalue weighted by Crippen LogP contribution is -2.26. The number of ether oxygens (including phenoxy) is 2. The average Bonchev–Trinajstić information content (AvgIpc) is 4.07. The number of carbonyl (C=O) groups is 2. The molecule has 0 bridgehead atoms. The molecule has 0 aliphatic heterocycles. The summed E-state index contributed by atoms with van der Waals surface area (Å²) in [6.07, 6.45) is 21.1. The van der Waals surface area contributed by atoms with E-state index in [-0.39, 0.29) is 35.6 Å². The number of esters is 2. The second-order valence-corrected chi connectivity index (χ2v) is 21.0. The van der Waals surface area contributed by atoms with Gasteiger partial charge in [0.05, 0.1) is 32.7 Å². The highest BCUT2D eigenvalue weighted by molar-refractivity contribution is 5.74. The van der Waals surface area contributed by atoms with Crippen LogP contribution in [0.2, 0.25) is 0 Å². The number of methoxy groups -OCH3 is 2. The van der Waals surface area contributed by atoms with Crippen LogP contribution in [0.15, 0.2) is 122 Å². The number of hydrogen-bond acceptors (Lipinski definition) is 8. The van der Waals surface area contributed by atoms with Crippen LogP contribution in [0.25, 0.3) is 22.3 Å². The largest absolute Gasteiger partial charge is 0.469 e. The van der Waals surface area contributed by atoms with Crippen LogP contribution in [0.4, 0.5) is 0 Å². The topological polar surface area (TPSA) is 119 Å². The van der Waals surface area contributed by atoms with Crippen LogP contribution < -0.4 is 0 Å². The van der Waals surface area contributed by atoms with Crippen molar-refractivity contribution in [2.75, 3.05) is 14.2 Å². The lowest BCUT2D eigenvalue weighted by molar-refractivity contribution is -0.140. The molecule has 0 atom stereocenters. The average molecular weight is 995 g/mol. The van der Waals surface area contributed by atoms with Gasteiger partial charge in [0.2, 0.25) is 0 Å². The molecule has 8 rings (SSSR count). The van der Waals surface area contributed by atoms with Crippen LogP contribution in [0.1, 0.15) is 167 Å². The van der Waals surface area contributed by atoms with Crippen molar-refractivity contribution in [3.63, 3.8) is 0 Å². The number of rotatable bonds is 17. The maximum Gasteiger partial charge on any atom is 0.310 e. The van der Waals surface area contributed by atoms with Gasteiger partial charge in [0.15, 0.2) is 0 Å². The van der Waals surface area contributed by atoms with Gasteiger partial charge in [-0.25, -0.2) is 0 Å². The minimum atomic E-state index is -0.822. The standard InChI is InChI=1S/C33H41NO3.C33H37NO3/c2*1-5-33(6-2,30-14-9-26(24(3)19-30)15-18-32(36)16-7-8-17-32)29-12-10-27(11-13-29)28-20-25(22-34-23-28)21-31(35)37-4/h9-14,19-20,22-23,36H,5-8,15-18,21H2,1-4H3;9-14,19-20,22-23,36H,5-8,16-17,21H2,1-4H3. The molecule has 0 radical (unpaired) electrons. The highest BCUT2D eigenvalue weighted by Crippen LogP contribution is 2.42. The number of aromatic nitrogens is 2. The Balaban J connectivity index is 0.000000216.